The van der Waals surface area contributed by atoms with E-state index >= 15 is 0 Å². The van der Waals surface area contributed by atoms with Gasteiger partial charge in [-0.1, -0.05) is 23.3 Å². The molecule has 0 fully saturated rings. The van der Waals surface area contributed by atoms with Gasteiger partial charge in [0.25, 0.3) is 0 Å². The number of fused-ring (bicyclic) bond motifs is 1. The van der Waals surface area contributed by atoms with E-state index in [0.29, 0.717) is 11.4 Å². The molecule has 0 aliphatic carbocycles. The topological polar surface area (TPSA) is 56.7 Å². The Morgan fingerprint density at radius 2 is 1.88 bits per heavy atom. The molecule has 5 nitrogen and oxygen atoms in total. The van der Waals surface area contributed by atoms with Crippen LogP contribution in [0, 0.1) is 26.8 Å². The van der Waals surface area contributed by atoms with Crippen LogP contribution in [0.1, 0.15) is 16.7 Å². The third kappa shape index (κ3) is 2.58. The van der Waals surface area contributed by atoms with Crippen molar-refractivity contribution in [1.29, 1.82) is 0 Å². The van der Waals surface area contributed by atoms with E-state index in [1.54, 1.807) is 6.33 Å². The molecule has 123 valence electrons. The van der Waals surface area contributed by atoms with Gasteiger partial charge < -0.3 is 8.98 Å². The van der Waals surface area contributed by atoms with Gasteiger partial charge in [0, 0.05) is 31.3 Å². The first kappa shape index (κ1) is 16.6. The Morgan fingerprint density at radius 1 is 1.12 bits per heavy atom. The molecule has 0 aliphatic rings. The molecule has 4 rings (SSSR count). The third-order valence-electron chi connectivity index (χ3n) is 3.94. The number of nitrogens with zero attached hydrogens (tertiary/aromatic N) is 4. The van der Waals surface area contributed by atoms with Gasteiger partial charge in [0.1, 0.15) is 6.33 Å². The van der Waals surface area contributed by atoms with Gasteiger partial charge in [0.2, 0.25) is 0 Å². The summed E-state index contributed by atoms with van der Waals surface area (Å²) in [4.78, 5) is 4.19. The van der Waals surface area contributed by atoms with Crippen molar-refractivity contribution in [3.05, 3.63) is 59.7 Å². The Kier molecular flexibility index (Phi) is 4.35. The Bertz CT molecular complexity index is 996. The number of aromatic nitrogens is 4. The number of rotatable bonds is 2. The summed E-state index contributed by atoms with van der Waals surface area (Å²) in [7, 11) is 0. The van der Waals surface area contributed by atoms with Crippen molar-refractivity contribution >= 4 is 11.1 Å². The van der Waals surface area contributed by atoms with Crippen molar-refractivity contribution in [2.75, 3.05) is 0 Å². The molecule has 0 N–H and O–H groups in total. The summed E-state index contributed by atoms with van der Waals surface area (Å²) in [5.41, 5.74) is 6.89. The summed E-state index contributed by atoms with van der Waals surface area (Å²) in [5.74, 6) is 0.697. The van der Waals surface area contributed by atoms with Crippen molar-refractivity contribution in [2.24, 2.45) is 0 Å². The zero-order chi connectivity index (χ0) is 16.0. The van der Waals surface area contributed by atoms with Crippen LogP contribution in [0.15, 0.2) is 41.4 Å². The predicted octanol–water partition coefficient (Wildman–Crippen LogP) is 3.80. The number of oxazole rings is 1. The average Bonchev–Trinajstić information content (AvgIpc) is 3.14. The van der Waals surface area contributed by atoms with Crippen molar-refractivity contribution in [3.8, 4) is 17.1 Å². The molecule has 0 spiro atoms. The monoisotopic (exact) mass is 496 g/mol. The van der Waals surface area contributed by atoms with Crippen LogP contribution in [-0.2, 0) is 20.1 Å². The van der Waals surface area contributed by atoms with Crippen molar-refractivity contribution in [2.45, 2.75) is 20.8 Å². The maximum absolute atomic E-state index is 5.52. The van der Waals surface area contributed by atoms with E-state index < -0.39 is 0 Å². The second-order valence-electron chi connectivity index (χ2n) is 5.69. The molecule has 4 aromatic rings. The molecule has 0 saturated heterocycles. The van der Waals surface area contributed by atoms with Gasteiger partial charge in [0.15, 0.2) is 6.39 Å². The minimum Gasteiger partial charge on any atom is -0.490 e. The van der Waals surface area contributed by atoms with E-state index in [-0.39, 0.29) is 20.1 Å². The van der Waals surface area contributed by atoms with E-state index in [1.165, 1.54) is 23.1 Å². The fourth-order valence-electron chi connectivity index (χ4n) is 3.12. The Balaban J connectivity index is 0.00000169. The van der Waals surface area contributed by atoms with E-state index in [1.807, 2.05) is 16.7 Å². The molecule has 0 unspecified atom stereocenters. The standard InChI is InChI=1S/C18H15N4O.Ir/c1-11-7-12(2)16(13(3)8-11)22-9-20-21-18(22)14-5-4-6-15-17(14)23-10-19-15;/h4,6-10H,1-3H3;/q-1;. The second kappa shape index (κ2) is 6.30. The van der Waals surface area contributed by atoms with E-state index in [9.17, 15) is 0 Å². The molecule has 1 radical (unpaired) electrons. The predicted molar refractivity (Wildman–Crippen MR) is 87.4 cm³/mol. The van der Waals surface area contributed by atoms with Crippen molar-refractivity contribution in [3.63, 3.8) is 0 Å². The van der Waals surface area contributed by atoms with E-state index in [2.05, 4.69) is 54.2 Å². The zero-order valence-corrected chi connectivity index (χ0v) is 15.9. The fourth-order valence-corrected chi connectivity index (χ4v) is 3.12. The quantitative estimate of drug-likeness (QED) is 0.397. The van der Waals surface area contributed by atoms with Crippen LogP contribution in [0.5, 0.6) is 0 Å². The first-order valence-electron chi connectivity index (χ1n) is 7.37. The van der Waals surface area contributed by atoms with Crippen molar-refractivity contribution in [1.82, 2.24) is 19.7 Å². The van der Waals surface area contributed by atoms with Gasteiger partial charge in [-0.25, -0.2) is 4.98 Å². The number of aryl methyl sites for hydroxylation is 3. The Hall–Kier alpha value is -2.30. The van der Waals surface area contributed by atoms with Gasteiger partial charge in [-0.3, -0.25) is 0 Å². The molecule has 2 aromatic carbocycles. The summed E-state index contributed by atoms with van der Waals surface area (Å²) in [6.07, 6.45) is 3.16. The number of hydrogen-bond acceptors (Lipinski definition) is 4. The molecule has 2 heterocycles. The van der Waals surface area contributed by atoms with Crippen LogP contribution in [-0.4, -0.2) is 19.7 Å². The molecule has 6 heteroatoms. The normalized spacial score (nSPS) is 10.8. The SMILES string of the molecule is Cc1cc(C)c(-n2cnnc2-c2[c-]ccc3ncoc23)c(C)c1.[Ir]. The van der Waals surface area contributed by atoms with E-state index in [4.69, 9.17) is 4.42 Å². The fraction of sp³-hybridized carbons (Fsp3) is 0.167. The number of hydrogen-bond donors (Lipinski definition) is 0. The van der Waals surface area contributed by atoms with Crippen LogP contribution >= 0.6 is 0 Å². The molecule has 0 atom stereocenters. The van der Waals surface area contributed by atoms with Crippen LogP contribution in [0.4, 0.5) is 0 Å². The molecule has 2 aromatic heterocycles. The Morgan fingerprint density at radius 3 is 2.62 bits per heavy atom. The summed E-state index contributed by atoms with van der Waals surface area (Å²) < 4.78 is 7.50. The maximum Gasteiger partial charge on any atom is 0.169 e. The van der Waals surface area contributed by atoms with Gasteiger partial charge in [-0.2, -0.15) is 5.10 Å². The van der Waals surface area contributed by atoms with Gasteiger partial charge >= 0.3 is 0 Å². The summed E-state index contributed by atoms with van der Waals surface area (Å²) in [6, 6.07) is 11.2. The average molecular weight is 496 g/mol. The molecule has 0 bridgehead atoms. The van der Waals surface area contributed by atoms with Crippen molar-refractivity contribution < 1.29 is 24.5 Å². The van der Waals surface area contributed by atoms with Crippen LogP contribution in [0.25, 0.3) is 28.2 Å². The molecule has 0 amide bonds. The summed E-state index contributed by atoms with van der Waals surface area (Å²) in [5, 5.41) is 8.39. The van der Waals surface area contributed by atoms with Crippen LogP contribution in [0.3, 0.4) is 0 Å². The minimum atomic E-state index is 0. The largest absolute Gasteiger partial charge is 0.490 e. The first-order chi connectivity index (χ1) is 11.1. The zero-order valence-electron chi connectivity index (χ0n) is 13.5. The molecular weight excluding hydrogens is 480 g/mol. The molecule has 0 saturated carbocycles. The van der Waals surface area contributed by atoms with Gasteiger partial charge in [-0.15, -0.1) is 23.3 Å². The molecule has 0 aliphatic heterocycles. The summed E-state index contributed by atoms with van der Waals surface area (Å²) in [6.45, 7) is 6.29. The Labute approximate surface area is 153 Å². The minimum absolute atomic E-state index is 0. The van der Waals surface area contributed by atoms with Crippen LogP contribution < -0.4 is 0 Å². The first-order valence-corrected chi connectivity index (χ1v) is 7.37. The smallest absolute Gasteiger partial charge is 0.169 e. The van der Waals surface area contributed by atoms with Gasteiger partial charge in [-0.05, 0) is 31.9 Å². The molecule has 24 heavy (non-hydrogen) atoms. The third-order valence-corrected chi connectivity index (χ3v) is 3.94. The van der Waals surface area contributed by atoms with Gasteiger partial charge in [0.05, 0.1) is 11.4 Å². The second-order valence-corrected chi connectivity index (χ2v) is 5.69. The summed E-state index contributed by atoms with van der Waals surface area (Å²) >= 11 is 0. The van der Waals surface area contributed by atoms with E-state index in [0.717, 1.165) is 16.8 Å². The number of benzene rings is 2. The molecular formula is C18H15IrN4O-. The van der Waals surface area contributed by atoms with Crippen LogP contribution in [0.2, 0.25) is 0 Å². The maximum atomic E-state index is 5.52.